The number of carbonyl (C=O) groups excluding carboxylic acids is 1. The second-order valence-corrected chi connectivity index (χ2v) is 5.56. The quantitative estimate of drug-likeness (QED) is 0.394. The van der Waals surface area contributed by atoms with E-state index in [1.54, 1.807) is 13.0 Å². The normalized spacial score (nSPS) is 14.0. The maximum Gasteiger partial charge on any atom is 0.330 e. The zero-order valence-electron chi connectivity index (χ0n) is 10.1. The van der Waals surface area contributed by atoms with Crippen molar-refractivity contribution in [1.82, 2.24) is 0 Å². The molecule has 0 fully saturated rings. The van der Waals surface area contributed by atoms with Crippen molar-refractivity contribution in [2.75, 3.05) is 27.0 Å². The van der Waals surface area contributed by atoms with Gasteiger partial charge >= 0.3 is 13.6 Å². The second-order valence-electron chi connectivity index (χ2n) is 3.25. The van der Waals surface area contributed by atoms with Crippen molar-refractivity contribution >= 4 is 13.6 Å². The topological polar surface area (TPSA) is 61.8 Å². The molecular weight excluding hydrogens is 231 g/mol. The molecule has 0 aliphatic carbocycles. The molecule has 0 aliphatic rings. The maximum atomic E-state index is 11.7. The summed E-state index contributed by atoms with van der Waals surface area (Å²) in [6, 6.07) is 0. The Balaban J connectivity index is 4.22. The Kier molecular flexibility index (Phi) is 7.30. The van der Waals surface area contributed by atoms with E-state index in [0.29, 0.717) is 6.61 Å². The Morgan fingerprint density at radius 1 is 1.38 bits per heavy atom. The Labute approximate surface area is 96.3 Å². The van der Waals surface area contributed by atoms with Crippen molar-refractivity contribution in [3.8, 4) is 0 Å². The molecular formula is C10H19O5P. The number of hydrogen-bond acceptors (Lipinski definition) is 5. The molecule has 5 nitrogen and oxygen atoms in total. The molecule has 0 N–H and O–H groups in total. The molecule has 0 aromatic carbocycles. The Bertz CT molecular complexity index is 279. The first-order valence-corrected chi connectivity index (χ1v) is 6.75. The third-order valence-electron chi connectivity index (χ3n) is 1.92. The minimum absolute atomic E-state index is 0.0878. The fourth-order valence-corrected chi connectivity index (χ4v) is 2.34. The minimum atomic E-state index is -3.02. The van der Waals surface area contributed by atoms with Crippen molar-refractivity contribution < 1.29 is 23.1 Å². The predicted molar refractivity (Wildman–Crippen MR) is 61.4 cm³/mol. The summed E-state index contributed by atoms with van der Waals surface area (Å²) >= 11 is 0. The highest BCUT2D eigenvalue weighted by molar-refractivity contribution is 7.53. The highest BCUT2D eigenvalue weighted by atomic mass is 31.2. The van der Waals surface area contributed by atoms with Crippen LogP contribution in [-0.2, 0) is 23.1 Å². The molecule has 0 saturated carbocycles. The van der Waals surface area contributed by atoms with Gasteiger partial charge in [0.2, 0.25) is 0 Å². The Morgan fingerprint density at radius 2 is 1.94 bits per heavy atom. The van der Waals surface area contributed by atoms with Crippen LogP contribution in [0, 0.1) is 5.92 Å². The number of esters is 1. The summed E-state index contributed by atoms with van der Waals surface area (Å²) in [7, 11) is -0.337. The van der Waals surface area contributed by atoms with Gasteiger partial charge in [0.15, 0.2) is 0 Å². The van der Waals surface area contributed by atoms with Gasteiger partial charge in [-0.1, -0.05) is 13.0 Å². The van der Waals surface area contributed by atoms with E-state index in [0.717, 1.165) is 0 Å². The molecule has 0 aliphatic heterocycles. The van der Waals surface area contributed by atoms with Crippen molar-refractivity contribution in [1.29, 1.82) is 0 Å². The Morgan fingerprint density at radius 3 is 2.38 bits per heavy atom. The number of hydrogen-bond donors (Lipinski definition) is 0. The van der Waals surface area contributed by atoms with Crippen molar-refractivity contribution in [3.63, 3.8) is 0 Å². The molecule has 0 heterocycles. The molecule has 0 radical (unpaired) electrons. The lowest BCUT2D eigenvalue weighted by Crippen LogP contribution is -2.05. The summed E-state index contributed by atoms with van der Waals surface area (Å²) in [6.45, 7) is 3.89. The van der Waals surface area contributed by atoms with E-state index in [1.807, 2.05) is 6.92 Å². The van der Waals surface area contributed by atoms with E-state index in [1.165, 1.54) is 20.3 Å². The fraction of sp³-hybridized carbons (Fsp3) is 0.700. The molecule has 0 aromatic rings. The lowest BCUT2D eigenvalue weighted by Gasteiger charge is -2.15. The van der Waals surface area contributed by atoms with Crippen LogP contribution in [0.1, 0.15) is 13.8 Å². The van der Waals surface area contributed by atoms with Gasteiger partial charge in [0.1, 0.15) is 0 Å². The van der Waals surface area contributed by atoms with E-state index >= 15 is 0 Å². The molecule has 0 aromatic heterocycles. The molecule has 0 rings (SSSR count). The predicted octanol–water partition coefficient (Wildman–Crippen LogP) is 2.23. The van der Waals surface area contributed by atoms with Crippen LogP contribution >= 0.6 is 7.60 Å². The first-order chi connectivity index (χ1) is 7.47. The van der Waals surface area contributed by atoms with Gasteiger partial charge in [-0.2, -0.15) is 0 Å². The van der Waals surface area contributed by atoms with Crippen LogP contribution in [0.2, 0.25) is 0 Å². The SMILES string of the molecule is CCOC(=O)/C=C/[C@H](C)CP(=O)(OC)OC. The number of carbonyl (C=O) groups is 1. The van der Waals surface area contributed by atoms with E-state index in [4.69, 9.17) is 13.8 Å². The lowest BCUT2D eigenvalue weighted by atomic mass is 10.2. The molecule has 6 heteroatoms. The van der Waals surface area contributed by atoms with Gasteiger partial charge in [0, 0.05) is 20.3 Å². The van der Waals surface area contributed by atoms with Crippen LogP contribution in [0.4, 0.5) is 0 Å². The van der Waals surface area contributed by atoms with Crippen LogP contribution in [0.3, 0.4) is 0 Å². The van der Waals surface area contributed by atoms with Crippen molar-refractivity contribution in [2.45, 2.75) is 13.8 Å². The van der Waals surface area contributed by atoms with Crippen LogP contribution in [0.15, 0.2) is 12.2 Å². The van der Waals surface area contributed by atoms with Gasteiger partial charge in [-0.15, -0.1) is 0 Å². The third-order valence-corrected chi connectivity index (χ3v) is 4.05. The molecule has 0 saturated heterocycles. The summed E-state index contributed by atoms with van der Waals surface area (Å²) in [5.41, 5.74) is 0. The second kappa shape index (κ2) is 7.60. The average Bonchev–Trinajstić information content (AvgIpc) is 2.26. The fourth-order valence-electron chi connectivity index (χ4n) is 1.07. The smallest absolute Gasteiger partial charge is 0.330 e. The van der Waals surface area contributed by atoms with E-state index in [9.17, 15) is 9.36 Å². The summed E-state index contributed by atoms with van der Waals surface area (Å²) < 4.78 is 26.0. The first kappa shape index (κ1) is 15.4. The molecule has 0 spiro atoms. The van der Waals surface area contributed by atoms with Crippen molar-refractivity contribution in [3.05, 3.63) is 12.2 Å². The zero-order valence-corrected chi connectivity index (χ0v) is 11.0. The van der Waals surface area contributed by atoms with Crippen LogP contribution < -0.4 is 0 Å². The molecule has 94 valence electrons. The average molecular weight is 250 g/mol. The highest BCUT2D eigenvalue weighted by Gasteiger charge is 2.23. The summed E-state index contributed by atoms with van der Waals surface area (Å²) in [6.07, 6.45) is 3.18. The third kappa shape index (κ3) is 6.05. The van der Waals surface area contributed by atoms with Gasteiger partial charge in [-0.05, 0) is 12.8 Å². The van der Waals surface area contributed by atoms with Gasteiger partial charge in [0.25, 0.3) is 0 Å². The highest BCUT2D eigenvalue weighted by Crippen LogP contribution is 2.47. The lowest BCUT2D eigenvalue weighted by molar-refractivity contribution is -0.137. The summed E-state index contributed by atoms with van der Waals surface area (Å²) in [5, 5.41) is 0. The van der Waals surface area contributed by atoms with E-state index in [2.05, 4.69) is 0 Å². The van der Waals surface area contributed by atoms with Crippen LogP contribution in [0.5, 0.6) is 0 Å². The van der Waals surface area contributed by atoms with Gasteiger partial charge in [0.05, 0.1) is 12.8 Å². The largest absolute Gasteiger partial charge is 0.463 e. The van der Waals surface area contributed by atoms with E-state index < -0.39 is 13.6 Å². The van der Waals surface area contributed by atoms with Crippen LogP contribution in [-0.4, -0.2) is 33.0 Å². The molecule has 0 unspecified atom stereocenters. The molecule has 0 bridgehead atoms. The molecule has 16 heavy (non-hydrogen) atoms. The van der Waals surface area contributed by atoms with Gasteiger partial charge in [-0.25, -0.2) is 4.79 Å². The number of rotatable bonds is 7. The van der Waals surface area contributed by atoms with Crippen molar-refractivity contribution in [2.24, 2.45) is 5.92 Å². The van der Waals surface area contributed by atoms with Gasteiger partial charge < -0.3 is 13.8 Å². The number of ether oxygens (including phenoxy) is 1. The first-order valence-electron chi connectivity index (χ1n) is 5.03. The minimum Gasteiger partial charge on any atom is -0.463 e. The molecule has 1 atom stereocenters. The number of allylic oxidation sites excluding steroid dienone is 1. The Hall–Kier alpha value is -0.640. The zero-order chi connectivity index (χ0) is 12.6. The van der Waals surface area contributed by atoms with E-state index in [-0.39, 0.29) is 12.1 Å². The molecule has 0 amide bonds. The summed E-state index contributed by atoms with van der Waals surface area (Å²) in [5.74, 6) is -0.492. The standard InChI is InChI=1S/C10H19O5P/c1-5-15-10(11)7-6-9(2)8-16(12,13-3)14-4/h6-7,9H,5,8H2,1-4H3/b7-6+/t9-/m0/s1. The van der Waals surface area contributed by atoms with Crippen LogP contribution in [0.25, 0.3) is 0 Å². The maximum absolute atomic E-state index is 11.7. The summed E-state index contributed by atoms with van der Waals surface area (Å²) in [4.78, 5) is 11.0. The monoisotopic (exact) mass is 250 g/mol. The van der Waals surface area contributed by atoms with Gasteiger partial charge in [-0.3, -0.25) is 4.57 Å².